The van der Waals surface area contributed by atoms with Crippen molar-refractivity contribution < 1.29 is 29.0 Å². The molecule has 0 aliphatic carbocycles. The van der Waals surface area contributed by atoms with Crippen molar-refractivity contribution in [3.8, 4) is 0 Å². The number of likely N-dealkylation sites (tertiary alicyclic amines) is 1. The number of hydrogen-bond acceptors (Lipinski definition) is 7. The molecular weight excluding hydrogens is 392 g/mol. The summed E-state index contributed by atoms with van der Waals surface area (Å²) >= 11 is 0. The Hall–Kier alpha value is -3.56. The molecule has 0 spiro atoms. The van der Waals surface area contributed by atoms with Crippen molar-refractivity contribution in [2.45, 2.75) is 31.3 Å². The van der Waals surface area contributed by atoms with Gasteiger partial charge in [0.15, 0.2) is 6.04 Å². The number of imide groups is 1. The Bertz CT molecular complexity index is 813. The molecule has 5 N–H and O–H groups in total. The number of amides is 3. The van der Waals surface area contributed by atoms with Crippen molar-refractivity contribution in [2.24, 2.45) is 11.7 Å². The van der Waals surface area contributed by atoms with E-state index in [0.717, 1.165) is 5.56 Å². The van der Waals surface area contributed by atoms with Crippen molar-refractivity contribution in [2.75, 3.05) is 13.7 Å². The molecule has 1 heterocycles. The Kier molecular flexibility index (Phi) is 7.79. The number of carboxylic acids is 1. The number of ether oxygens (including phenoxy) is 1. The lowest BCUT2D eigenvalue weighted by atomic mass is 9.84. The third-order valence-electron chi connectivity index (χ3n) is 4.80. The van der Waals surface area contributed by atoms with E-state index in [2.05, 4.69) is 17.2 Å². The standard InChI is InChI=1S/C20H26N4O6/c1-12(21)22-10-6-9-14-16(18(26)27)24(17(14)25)20(29)23-15(19(28)30-2)11-13-7-4-3-5-8-13/h3-5,7-8,14-16,22H,1,6,9-11,21H2,2H3,(H,23,29)(H,26,27)/t14-,15?,16?/m1/s1. The van der Waals surface area contributed by atoms with Crippen molar-refractivity contribution >= 4 is 23.9 Å². The van der Waals surface area contributed by atoms with Gasteiger partial charge in [0.1, 0.15) is 6.04 Å². The van der Waals surface area contributed by atoms with Gasteiger partial charge >= 0.3 is 18.0 Å². The predicted octanol–water partition coefficient (Wildman–Crippen LogP) is 0.192. The summed E-state index contributed by atoms with van der Waals surface area (Å²) in [4.78, 5) is 49.4. The molecule has 162 valence electrons. The van der Waals surface area contributed by atoms with Gasteiger partial charge < -0.3 is 26.2 Å². The highest BCUT2D eigenvalue weighted by Gasteiger charge is 2.54. The van der Waals surface area contributed by atoms with Crippen molar-refractivity contribution in [1.29, 1.82) is 0 Å². The van der Waals surface area contributed by atoms with E-state index in [1.165, 1.54) is 7.11 Å². The van der Waals surface area contributed by atoms with Crippen LogP contribution < -0.4 is 16.4 Å². The number of nitrogens with zero attached hydrogens (tertiary/aromatic N) is 1. The molecule has 1 aliphatic heterocycles. The fourth-order valence-electron chi connectivity index (χ4n) is 3.31. The van der Waals surface area contributed by atoms with Crippen molar-refractivity contribution in [1.82, 2.24) is 15.5 Å². The van der Waals surface area contributed by atoms with Crippen LogP contribution in [0.15, 0.2) is 42.7 Å². The number of urea groups is 1. The van der Waals surface area contributed by atoms with Crippen LogP contribution in [-0.2, 0) is 25.5 Å². The first-order chi connectivity index (χ1) is 14.3. The molecule has 1 aliphatic rings. The summed E-state index contributed by atoms with van der Waals surface area (Å²) in [6, 6.07) is 5.62. The van der Waals surface area contributed by atoms with Crippen LogP contribution in [0, 0.1) is 5.92 Å². The monoisotopic (exact) mass is 418 g/mol. The van der Waals surface area contributed by atoms with Crippen LogP contribution in [0.1, 0.15) is 18.4 Å². The number of nitrogens with one attached hydrogen (secondary N) is 2. The zero-order valence-electron chi connectivity index (χ0n) is 16.7. The minimum atomic E-state index is -1.30. The summed E-state index contributed by atoms with van der Waals surface area (Å²) in [5.41, 5.74) is 6.16. The van der Waals surface area contributed by atoms with Crippen molar-refractivity contribution in [3.05, 3.63) is 48.3 Å². The smallest absolute Gasteiger partial charge is 0.328 e. The summed E-state index contributed by atoms with van der Waals surface area (Å²) < 4.78 is 4.73. The maximum Gasteiger partial charge on any atom is 0.328 e. The first-order valence-corrected chi connectivity index (χ1v) is 9.42. The topological polar surface area (TPSA) is 151 Å². The molecule has 1 aromatic rings. The molecule has 10 nitrogen and oxygen atoms in total. The molecule has 0 saturated carbocycles. The van der Waals surface area contributed by atoms with Crippen LogP contribution in [0.3, 0.4) is 0 Å². The van der Waals surface area contributed by atoms with Gasteiger partial charge in [0, 0.05) is 13.0 Å². The highest BCUT2D eigenvalue weighted by molar-refractivity contribution is 6.08. The molecule has 2 unspecified atom stereocenters. The Labute approximate surface area is 174 Å². The van der Waals surface area contributed by atoms with Crippen molar-refractivity contribution in [3.63, 3.8) is 0 Å². The third-order valence-corrected chi connectivity index (χ3v) is 4.80. The Morgan fingerprint density at radius 3 is 2.53 bits per heavy atom. The molecule has 30 heavy (non-hydrogen) atoms. The summed E-state index contributed by atoms with van der Waals surface area (Å²) in [5, 5.41) is 14.7. The molecular formula is C20H26N4O6. The van der Waals surface area contributed by atoms with Gasteiger partial charge in [-0.1, -0.05) is 36.9 Å². The maximum absolute atomic E-state index is 12.6. The minimum absolute atomic E-state index is 0.136. The van der Waals surface area contributed by atoms with Crippen LogP contribution in [0.2, 0.25) is 0 Å². The normalized spacial score (nSPS) is 18.7. The highest BCUT2D eigenvalue weighted by atomic mass is 16.5. The second-order valence-corrected chi connectivity index (χ2v) is 6.91. The van der Waals surface area contributed by atoms with Crippen LogP contribution in [0.5, 0.6) is 0 Å². The molecule has 0 aromatic heterocycles. The van der Waals surface area contributed by atoms with E-state index in [4.69, 9.17) is 10.5 Å². The average Bonchev–Trinajstić information content (AvgIpc) is 2.70. The molecule has 10 heteroatoms. The first-order valence-electron chi connectivity index (χ1n) is 9.42. The number of methoxy groups -OCH3 is 1. The SMILES string of the molecule is C=C(N)NCCC[C@H]1C(=O)N(C(=O)NC(Cc2ccccc2)C(=O)OC)C1C(=O)O. The lowest BCUT2D eigenvalue weighted by molar-refractivity contribution is -0.166. The maximum atomic E-state index is 12.6. The van der Waals surface area contributed by atoms with Crippen LogP contribution in [-0.4, -0.2) is 59.6 Å². The summed E-state index contributed by atoms with van der Waals surface area (Å²) in [6.07, 6.45) is 0.881. The van der Waals surface area contributed by atoms with Gasteiger partial charge in [0.25, 0.3) is 0 Å². The van der Waals surface area contributed by atoms with Crippen LogP contribution >= 0.6 is 0 Å². The zero-order valence-corrected chi connectivity index (χ0v) is 16.7. The van der Waals surface area contributed by atoms with Gasteiger partial charge in [0.2, 0.25) is 5.91 Å². The second-order valence-electron chi connectivity index (χ2n) is 6.91. The number of nitrogens with two attached hydrogens (primary N) is 1. The van der Waals surface area contributed by atoms with Crippen LogP contribution in [0.4, 0.5) is 4.79 Å². The molecule has 3 atom stereocenters. The van der Waals surface area contributed by atoms with Gasteiger partial charge in [-0.15, -0.1) is 0 Å². The number of benzene rings is 1. The fraction of sp³-hybridized carbons (Fsp3) is 0.400. The first kappa shape index (κ1) is 22.7. The number of hydrogen-bond donors (Lipinski definition) is 4. The lowest BCUT2D eigenvalue weighted by Gasteiger charge is -2.43. The van der Waals surface area contributed by atoms with E-state index >= 15 is 0 Å². The summed E-state index contributed by atoms with van der Waals surface area (Å²) in [7, 11) is 1.18. The van der Waals surface area contributed by atoms with Crippen LogP contribution in [0.25, 0.3) is 0 Å². The Balaban J connectivity index is 2.03. The van der Waals surface area contributed by atoms with Gasteiger partial charge in [0.05, 0.1) is 18.8 Å². The zero-order chi connectivity index (χ0) is 22.3. The minimum Gasteiger partial charge on any atom is -0.480 e. The molecule has 2 rings (SSSR count). The molecule has 0 bridgehead atoms. The van der Waals surface area contributed by atoms with E-state index in [1.54, 1.807) is 24.3 Å². The van der Waals surface area contributed by atoms with E-state index in [-0.39, 0.29) is 18.7 Å². The van der Waals surface area contributed by atoms with Gasteiger partial charge in [-0.2, -0.15) is 0 Å². The Morgan fingerprint density at radius 2 is 1.97 bits per heavy atom. The summed E-state index contributed by atoms with van der Waals surface area (Å²) in [6.45, 7) is 3.91. The molecule has 1 saturated heterocycles. The third kappa shape index (κ3) is 5.49. The fourth-order valence-corrected chi connectivity index (χ4v) is 3.31. The number of rotatable bonds is 10. The number of esters is 1. The molecule has 1 aromatic carbocycles. The number of aliphatic carboxylic acids is 1. The van der Waals surface area contributed by atoms with E-state index in [9.17, 15) is 24.3 Å². The van der Waals surface area contributed by atoms with E-state index in [0.29, 0.717) is 17.9 Å². The number of carbonyl (C=O) groups is 4. The lowest BCUT2D eigenvalue weighted by Crippen LogP contribution is -2.69. The number of carbonyl (C=O) groups excluding carboxylic acids is 3. The van der Waals surface area contributed by atoms with Gasteiger partial charge in [-0.05, 0) is 18.4 Å². The largest absolute Gasteiger partial charge is 0.480 e. The Morgan fingerprint density at radius 1 is 1.30 bits per heavy atom. The van der Waals surface area contributed by atoms with Gasteiger partial charge in [-0.25, -0.2) is 19.3 Å². The highest BCUT2D eigenvalue weighted by Crippen LogP contribution is 2.31. The molecule has 1 fully saturated rings. The van der Waals surface area contributed by atoms with E-state index in [1.807, 2.05) is 6.07 Å². The molecule has 3 amide bonds. The number of β-lactam (4-membered cyclic amide) rings is 1. The average molecular weight is 418 g/mol. The predicted molar refractivity (Wildman–Crippen MR) is 107 cm³/mol. The van der Waals surface area contributed by atoms with Gasteiger partial charge in [-0.3, -0.25) is 4.79 Å². The quantitative estimate of drug-likeness (QED) is 0.239. The number of carboxylic acid groups (broad SMARTS) is 1. The summed E-state index contributed by atoms with van der Waals surface area (Å²) in [5.74, 6) is -3.14. The van der Waals surface area contributed by atoms with E-state index < -0.39 is 41.9 Å². The second kappa shape index (κ2) is 10.3. The molecule has 0 radical (unpaired) electrons.